The molecule has 1 aliphatic rings. The molecule has 19 heavy (non-hydrogen) atoms. The van der Waals surface area contributed by atoms with Gasteiger partial charge in [0.25, 0.3) is 0 Å². The molecule has 0 aliphatic carbocycles. The normalized spacial score (nSPS) is 22.0. The topological polar surface area (TPSA) is 53.0 Å². The molecule has 0 saturated carbocycles. The maximum absolute atomic E-state index is 8.99. The highest BCUT2D eigenvalue weighted by atomic mass is 15.1. The Hall–Kier alpha value is -1.53. The number of anilines is 1. The summed E-state index contributed by atoms with van der Waals surface area (Å²) in [4.78, 5) is 2.40. The number of piperidine rings is 1. The molecular weight excluding hydrogens is 234 g/mol. The lowest BCUT2D eigenvalue weighted by atomic mass is 9.72. The second kappa shape index (κ2) is 5.63. The lowest BCUT2D eigenvalue weighted by molar-refractivity contribution is 0.163. The predicted molar refractivity (Wildman–Crippen MR) is 78.9 cm³/mol. The molecule has 3 nitrogen and oxygen atoms in total. The van der Waals surface area contributed by atoms with Crippen LogP contribution in [0.5, 0.6) is 0 Å². The third-order valence-corrected chi connectivity index (χ3v) is 4.43. The minimum absolute atomic E-state index is 0.364. The fourth-order valence-corrected chi connectivity index (χ4v) is 2.92. The fraction of sp³-hybridized carbons (Fsp3) is 0.562. The van der Waals surface area contributed by atoms with Crippen LogP contribution in [0, 0.1) is 22.7 Å². The van der Waals surface area contributed by atoms with E-state index in [0.717, 1.165) is 37.3 Å². The lowest BCUT2D eigenvalue weighted by Gasteiger charge is -2.45. The van der Waals surface area contributed by atoms with E-state index in [1.54, 1.807) is 0 Å². The molecule has 2 rings (SSSR count). The van der Waals surface area contributed by atoms with Crippen LogP contribution in [0.3, 0.4) is 0 Å². The van der Waals surface area contributed by atoms with Crippen molar-refractivity contribution in [2.75, 3.05) is 24.5 Å². The molecule has 1 aromatic rings. The summed E-state index contributed by atoms with van der Waals surface area (Å²) in [5, 5.41) is 8.99. The Morgan fingerprint density at radius 1 is 1.47 bits per heavy atom. The van der Waals surface area contributed by atoms with E-state index in [1.807, 2.05) is 18.2 Å². The summed E-state index contributed by atoms with van der Waals surface area (Å²) in [6.07, 6.45) is 2.25. The first kappa shape index (κ1) is 13.9. The molecule has 102 valence electrons. The molecule has 0 bridgehead atoms. The van der Waals surface area contributed by atoms with Gasteiger partial charge in [0.2, 0.25) is 0 Å². The Bertz CT molecular complexity index is 473. The zero-order chi connectivity index (χ0) is 13.9. The van der Waals surface area contributed by atoms with Crippen molar-refractivity contribution in [3.05, 3.63) is 29.8 Å². The molecule has 3 heteroatoms. The van der Waals surface area contributed by atoms with Crippen LogP contribution in [0.2, 0.25) is 0 Å². The number of rotatable bonds is 3. The first-order chi connectivity index (χ1) is 9.06. The molecule has 0 amide bonds. The average molecular weight is 257 g/mol. The molecule has 0 aromatic heterocycles. The van der Waals surface area contributed by atoms with Gasteiger partial charge in [-0.05, 0) is 48.9 Å². The Kier molecular flexibility index (Phi) is 4.11. The summed E-state index contributed by atoms with van der Waals surface area (Å²) in [5.41, 5.74) is 8.01. The van der Waals surface area contributed by atoms with Crippen LogP contribution < -0.4 is 10.6 Å². The van der Waals surface area contributed by atoms with E-state index in [2.05, 4.69) is 30.9 Å². The van der Waals surface area contributed by atoms with Gasteiger partial charge in [-0.25, -0.2) is 0 Å². The van der Waals surface area contributed by atoms with Gasteiger partial charge in [-0.1, -0.05) is 19.9 Å². The molecule has 1 aromatic carbocycles. The molecule has 1 unspecified atom stereocenters. The number of hydrogen-bond acceptors (Lipinski definition) is 3. The number of nitrogens with zero attached hydrogens (tertiary/aromatic N) is 2. The van der Waals surface area contributed by atoms with Crippen molar-refractivity contribution in [3.8, 4) is 6.07 Å². The summed E-state index contributed by atoms with van der Waals surface area (Å²) in [7, 11) is 0. The third-order valence-electron chi connectivity index (χ3n) is 4.43. The molecule has 2 N–H and O–H groups in total. The van der Waals surface area contributed by atoms with Crippen molar-refractivity contribution in [1.82, 2.24) is 0 Å². The molecule has 0 spiro atoms. The second-order valence-corrected chi connectivity index (χ2v) is 6.12. The minimum atomic E-state index is 0.364. The summed E-state index contributed by atoms with van der Waals surface area (Å²) in [6.45, 7) is 7.54. The van der Waals surface area contributed by atoms with Gasteiger partial charge in [0, 0.05) is 18.8 Å². The van der Waals surface area contributed by atoms with Gasteiger partial charge < -0.3 is 10.6 Å². The first-order valence-electron chi connectivity index (χ1n) is 7.02. The zero-order valence-corrected chi connectivity index (χ0v) is 11.9. The summed E-state index contributed by atoms with van der Waals surface area (Å²) >= 11 is 0. The standard InChI is InChI=1S/C16H23N3/c1-16(2)7-9-19(12-14(16)6-8-17)15-5-3-4-13(10-15)11-18/h3-5,10,14H,6-9,12,17H2,1-2H3. The molecule has 1 aliphatic heterocycles. The van der Waals surface area contributed by atoms with Gasteiger partial charge >= 0.3 is 0 Å². The first-order valence-corrected chi connectivity index (χ1v) is 7.02. The highest BCUT2D eigenvalue weighted by Gasteiger charge is 2.34. The molecule has 1 heterocycles. The van der Waals surface area contributed by atoms with Crippen LogP contribution in [-0.4, -0.2) is 19.6 Å². The van der Waals surface area contributed by atoms with Gasteiger partial charge in [0.05, 0.1) is 11.6 Å². The molecule has 1 saturated heterocycles. The quantitative estimate of drug-likeness (QED) is 0.906. The monoisotopic (exact) mass is 257 g/mol. The zero-order valence-electron chi connectivity index (χ0n) is 11.9. The van der Waals surface area contributed by atoms with Crippen molar-refractivity contribution in [3.63, 3.8) is 0 Å². The SMILES string of the molecule is CC1(C)CCN(c2cccc(C#N)c2)CC1CCN. The van der Waals surface area contributed by atoms with Crippen LogP contribution >= 0.6 is 0 Å². The Labute approximate surface area is 116 Å². The van der Waals surface area contributed by atoms with Crippen LogP contribution in [0.1, 0.15) is 32.3 Å². The lowest BCUT2D eigenvalue weighted by Crippen LogP contribution is -2.45. The highest BCUT2D eigenvalue weighted by molar-refractivity contribution is 5.51. The van der Waals surface area contributed by atoms with E-state index in [9.17, 15) is 0 Å². The van der Waals surface area contributed by atoms with Crippen LogP contribution in [-0.2, 0) is 0 Å². The van der Waals surface area contributed by atoms with Gasteiger partial charge in [0.1, 0.15) is 0 Å². The molecule has 1 fully saturated rings. The van der Waals surface area contributed by atoms with E-state index < -0.39 is 0 Å². The van der Waals surface area contributed by atoms with E-state index in [0.29, 0.717) is 11.3 Å². The summed E-state index contributed by atoms with van der Waals surface area (Å²) in [6, 6.07) is 10.1. The average Bonchev–Trinajstić information content (AvgIpc) is 2.41. The maximum Gasteiger partial charge on any atom is 0.0992 e. The Balaban J connectivity index is 2.16. The van der Waals surface area contributed by atoms with E-state index in [-0.39, 0.29) is 0 Å². The van der Waals surface area contributed by atoms with Crippen LogP contribution in [0.25, 0.3) is 0 Å². The Morgan fingerprint density at radius 3 is 2.95 bits per heavy atom. The van der Waals surface area contributed by atoms with Crippen molar-refractivity contribution in [2.24, 2.45) is 17.1 Å². The predicted octanol–water partition coefficient (Wildman–Crippen LogP) is 2.76. The van der Waals surface area contributed by atoms with Gasteiger partial charge in [-0.15, -0.1) is 0 Å². The van der Waals surface area contributed by atoms with E-state index >= 15 is 0 Å². The number of hydrogen-bond donors (Lipinski definition) is 1. The molecule has 0 radical (unpaired) electrons. The van der Waals surface area contributed by atoms with Gasteiger partial charge in [0.15, 0.2) is 0 Å². The largest absolute Gasteiger partial charge is 0.371 e. The van der Waals surface area contributed by atoms with Crippen LogP contribution in [0.4, 0.5) is 5.69 Å². The van der Waals surface area contributed by atoms with Crippen molar-refractivity contribution in [1.29, 1.82) is 5.26 Å². The minimum Gasteiger partial charge on any atom is -0.371 e. The van der Waals surface area contributed by atoms with Gasteiger partial charge in [-0.2, -0.15) is 5.26 Å². The molecule has 1 atom stereocenters. The smallest absolute Gasteiger partial charge is 0.0992 e. The Morgan fingerprint density at radius 2 is 2.26 bits per heavy atom. The summed E-state index contributed by atoms with van der Waals surface area (Å²) in [5.74, 6) is 0.622. The molecular formula is C16H23N3. The van der Waals surface area contributed by atoms with Crippen molar-refractivity contribution >= 4 is 5.69 Å². The number of nitriles is 1. The van der Waals surface area contributed by atoms with Gasteiger partial charge in [-0.3, -0.25) is 0 Å². The maximum atomic E-state index is 8.99. The van der Waals surface area contributed by atoms with E-state index in [1.165, 1.54) is 6.42 Å². The highest BCUT2D eigenvalue weighted by Crippen LogP contribution is 2.38. The number of nitrogens with two attached hydrogens (primary N) is 1. The van der Waals surface area contributed by atoms with E-state index in [4.69, 9.17) is 11.0 Å². The van der Waals surface area contributed by atoms with Crippen LogP contribution in [0.15, 0.2) is 24.3 Å². The number of benzene rings is 1. The fourth-order valence-electron chi connectivity index (χ4n) is 2.92. The van der Waals surface area contributed by atoms with Crippen molar-refractivity contribution in [2.45, 2.75) is 26.7 Å². The van der Waals surface area contributed by atoms with Crippen molar-refractivity contribution < 1.29 is 0 Å². The second-order valence-electron chi connectivity index (χ2n) is 6.12. The third kappa shape index (κ3) is 3.08. The summed E-state index contributed by atoms with van der Waals surface area (Å²) < 4.78 is 0.